The number of hydrogen-bond acceptors (Lipinski definition) is 2. The molecule has 2 aromatic carbocycles. The van der Waals surface area contributed by atoms with Crippen LogP contribution >= 0.6 is 0 Å². The third-order valence-corrected chi connectivity index (χ3v) is 3.38. The molecule has 3 N–H and O–H groups in total. The molecule has 0 aliphatic carbocycles. The first-order chi connectivity index (χ1) is 9.97. The van der Waals surface area contributed by atoms with Crippen LogP contribution in [-0.2, 0) is 4.79 Å². The van der Waals surface area contributed by atoms with E-state index in [1.807, 2.05) is 24.3 Å². The van der Waals surface area contributed by atoms with Gasteiger partial charge in [-0.2, -0.15) is 0 Å². The van der Waals surface area contributed by atoms with Crippen molar-refractivity contribution in [1.82, 2.24) is 0 Å². The van der Waals surface area contributed by atoms with Crippen molar-refractivity contribution in [3.05, 3.63) is 65.5 Å². The standard InChI is InChI=1S/C17H19FN2O/c1-11(2)12-3-5-13(6-4-12)16(17(19)21)20-15-9-7-14(18)8-10-15/h3-11,16,20H,1-2H3,(H2,19,21). The van der Waals surface area contributed by atoms with E-state index in [9.17, 15) is 9.18 Å². The molecule has 110 valence electrons. The minimum Gasteiger partial charge on any atom is -0.370 e. The molecule has 0 aromatic heterocycles. The van der Waals surface area contributed by atoms with Crippen molar-refractivity contribution in [2.24, 2.45) is 5.73 Å². The fourth-order valence-corrected chi connectivity index (χ4v) is 2.10. The molecule has 1 amide bonds. The Hall–Kier alpha value is -2.36. The maximum absolute atomic E-state index is 12.9. The van der Waals surface area contributed by atoms with Crippen molar-refractivity contribution < 1.29 is 9.18 Å². The van der Waals surface area contributed by atoms with Gasteiger partial charge in [0.05, 0.1) is 0 Å². The van der Waals surface area contributed by atoms with E-state index in [1.54, 1.807) is 12.1 Å². The van der Waals surface area contributed by atoms with Gasteiger partial charge in [-0.05, 0) is 41.3 Å². The van der Waals surface area contributed by atoms with E-state index in [2.05, 4.69) is 19.2 Å². The highest BCUT2D eigenvalue weighted by Gasteiger charge is 2.17. The molecule has 0 radical (unpaired) electrons. The second kappa shape index (κ2) is 6.39. The van der Waals surface area contributed by atoms with Gasteiger partial charge in [0.1, 0.15) is 11.9 Å². The van der Waals surface area contributed by atoms with E-state index in [4.69, 9.17) is 5.73 Å². The van der Waals surface area contributed by atoms with Gasteiger partial charge in [0.15, 0.2) is 0 Å². The number of nitrogens with two attached hydrogens (primary N) is 1. The smallest absolute Gasteiger partial charge is 0.244 e. The number of hydrogen-bond donors (Lipinski definition) is 2. The summed E-state index contributed by atoms with van der Waals surface area (Å²) >= 11 is 0. The van der Waals surface area contributed by atoms with Gasteiger partial charge < -0.3 is 11.1 Å². The lowest BCUT2D eigenvalue weighted by Gasteiger charge is -2.18. The monoisotopic (exact) mass is 286 g/mol. The summed E-state index contributed by atoms with van der Waals surface area (Å²) in [7, 11) is 0. The SMILES string of the molecule is CC(C)c1ccc(C(Nc2ccc(F)cc2)C(N)=O)cc1. The predicted molar refractivity (Wildman–Crippen MR) is 82.5 cm³/mol. The first-order valence-corrected chi connectivity index (χ1v) is 6.88. The van der Waals surface area contributed by atoms with E-state index in [1.165, 1.54) is 17.7 Å². The number of benzene rings is 2. The Bertz CT molecular complexity index is 606. The Morgan fingerprint density at radius 3 is 2.00 bits per heavy atom. The molecular weight excluding hydrogens is 267 g/mol. The van der Waals surface area contributed by atoms with Crippen molar-refractivity contribution in [2.75, 3.05) is 5.32 Å². The molecule has 1 unspecified atom stereocenters. The van der Waals surface area contributed by atoms with E-state index in [0.29, 0.717) is 11.6 Å². The maximum Gasteiger partial charge on any atom is 0.244 e. The number of anilines is 1. The average molecular weight is 286 g/mol. The summed E-state index contributed by atoms with van der Waals surface area (Å²) in [5, 5.41) is 3.03. The lowest BCUT2D eigenvalue weighted by atomic mass is 9.98. The first-order valence-electron chi connectivity index (χ1n) is 6.88. The molecule has 2 aromatic rings. The number of halogens is 1. The lowest BCUT2D eigenvalue weighted by Crippen LogP contribution is -2.27. The van der Waals surface area contributed by atoms with Crippen LogP contribution in [0.5, 0.6) is 0 Å². The molecule has 0 heterocycles. The summed E-state index contributed by atoms with van der Waals surface area (Å²) in [5.41, 5.74) is 8.10. The number of carbonyl (C=O) groups is 1. The molecule has 0 spiro atoms. The Balaban J connectivity index is 2.22. The number of carbonyl (C=O) groups excluding carboxylic acids is 1. The predicted octanol–water partition coefficient (Wildman–Crippen LogP) is 3.59. The molecule has 21 heavy (non-hydrogen) atoms. The van der Waals surface area contributed by atoms with Gasteiger partial charge in [0.25, 0.3) is 0 Å². The number of nitrogens with one attached hydrogen (secondary N) is 1. The molecule has 2 rings (SSSR count). The number of primary amides is 1. The number of amides is 1. The molecule has 0 aliphatic heterocycles. The first kappa shape index (κ1) is 15.0. The van der Waals surface area contributed by atoms with Crippen LogP contribution in [-0.4, -0.2) is 5.91 Å². The molecule has 0 saturated carbocycles. The Morgan fingerprint density at radius 2 is 1.52 bits per heavy atom. The van der Waals surface area contributed by atoms with E-state index >= 15 is 0 Å². The molecule has 0 fully saturated rings. The summed E-state index contributed by atoms with van der Waals surface area (Å²) in [4.78, 5) is 11.7. The van der Waals surface area contributed by atoms with Gasteiger partial charge in [0, 0.05) is 5.69 Å². The zero-order chi connectivity index (χ0) is 15.4. The van der Waals surface area contributed by atoms with Crippen molar-refractivity contribution in [1.29, 1.82) is 0 Å². The summed E-state index contributed by atoms with van der Waals surface area (Å²) in [6.07, 6.45) is 0. The third-order valence-electron chi connectivity index (χ3n) is 3.38. The molecule has 0 aliphatic rings. The van der Waals surface area contributed by atoms with Gasteiger partial charge in [0.2, 0.25) is 5.91 Å². The highest BCUT2D eigenvalue weighted by Crippen LogP contribution is 2.22. The van der Waals surface area contributed by atoms with E-state index < -0.39 is 11.9 Å². The summed E-state index contributed by atoms with van der Waals surface area (Å²) < 4.78 is 12.9. The fourth-order valence-electron chi connectivity index (χ4n) is 2.10. The zero-order valence-corrected chi connectivity index (χ0v) is 12.1. The summed E-state index contributed by atoms with van der Waals surface area (Å²) in [5.74, 6) is -0.370. The van der Waals surface area contributed by atoms with Crippen LogP contribution in [0.15, 0.2) is 48.5 Å². The fraction of sp³-hybridized carbons (Fsp3) is 0.235. The average Bonchev–Trinajstić information content (AvgIpc) is 2.46. The molecular formula is C17H19FN2O. The van der Waals surface area contributed by atoms with Crippen LogP contribution in [0.2, 0.25) is 0 Å². The van der Waals surface area contributed by atoms with Crippen molar-refractivity contribution in [3.63, 3.8) is 0 Å². The molecule has 1 atom stereocenters. The van der Waals surface area contributed by atoms with Gasteiger partial charge in [-0.3, -0.25) is 4.79 Å². The molecule has 0 bridgehead atoms. The Morgan fingerprint density at radius 1 is 1.00 bits per heavy atom. The van der Waals surface area contributed by atoms with E-state index in [-0.39, 0.29) is 5.82 Å². The highest BCUT2D eigenvalue weighted by atomic mass is 19.1. The van der Waals surface area contributed by atoms with Crippen LogP contribution < -0.4 is 11.1 Å². The van der Waals surface area contributed by atoms with Gasteiger partial charge in [-0.25, -0.2) is 4.39 Å². The van der Waals surface area contributed by atoms with Crippen LogP contribution in [0.1, 0.15) is 36.9 Å². The van der Waals surface area contributed by atoms with E-state index in [0.717, 1.165) is 5.56 Å². The quantitative estimate of drug-likeness (QED) is 0.882. The second-order valence-corrected chi connectivity index (χ2v) is 5.31. The zero-order valence-electron chi connectivity index (χ0n) is 12.1. The second-order valence-electron chi connectivity index (χ2n) is 5.31. The van der Waals surface area contributed by atoms with Gasteiger partial charge in [-0.1, -0.05) is 38.1 Å². The van der Waals surface area contributed by atoms with Crippen LogP contribution in [0.4, 0.5) is 10.1 Å². The van der Waals surface area contributed by atoms with Crippen LogP contribution in [0.25, 0.3) is 0 Å². The van der Waals surface area contributed by atoms with Gasteiger partial charge >= 0.3 is 0 Å². The highest BCUT2D eigenvalue weighted by molar-refractivity contribution is 5.84. The maximum atomic E-state index is 12.9. The van der Waals surface area contributed by atoms with Crippen LogP contribution in [0, 0.1) is 5.82 Å². The van der Waals surface area contributed by atoms with Crippen LogP contribution in [0.3, 0.4) is 0 Å². The molecule has 0 saturated heterocycles. The number of rotatable bonds is 5. The summed E-state index contributed by atoms with van der Waals surface area (Å²) in [6.45, 7) is 4.22. The summed E-state index contributed by atoms with van der Waals surface area (Å²) in [6, 6.07) is 12.9. The molecule has 4 heteroatoms. The Labute approximate surface area is 124 Å². The lowest BCUT2D eigenvalue weighted by molar-refractivity contribution is -0.118. The topological polar surface area (TPSA) is 55.1 Å². The molecule has 3 nitrogen and oxygen atoms in total. The third kappa shape index (κ3) is 3.81. The van der Waals surface area contributed by atoms with Crippen molar-refractivity contribution in [3.8, 4) is 0 Å². The normalized spacial score (nSPS) is 12.2. The van der Waals surface area contributed by atoms with Crippen molar-refractivity contribution >= 4 is 11.6 Å². The minimum atomic E-state index is -0.642. The minimum absolute atomic E-state index is 0.322. The van der Waals surface area contributed by atoms with Crippen molar-refractivity contribution in [2.45, 2.75) is 25.8 Å². The van der Waals surface area contributed by atoms with Gasteiger partial charge in [-0.15, -0.1) is 0 Å². The largest absolute Gasteiger partial charge is 0.370 e. The Kier molecular flexibility index (Phi) is 4.58.